The molecule has 0 aliphatic carbocycles. The molecular weight excluding hydrogens is 250 g/mol. The lowest BCUT2D eigenvalue weighted by Crippen LogP contribution is -2.05. The molecule has 0 saturated heterocycles. The average molecular weight is 263 g/mol. The number of ether oxygens (including phenoxy) is 2. The molecule has 18 heavy (non-hydrogen) atoms. The summed E-state index contributed by atoms with van der Waals surface area (Å²) in [6.07, 6.45) is 0. The highest BCUT2D eigenvalue weighted by atomic mass is 32.1. The zero-order valence-electron chi connectivity index (χ0n) is 9.88. The molecule has 2 rings (SSSR count). The maximum Gasteiger partial charge on any atom is 0.338 e. The average Bonchev–Trinajstić information content (AvgIpc) is 2.89. The minimum atomic E-state index is -0.387. The van der Waals surface area contributed by atoms with Gasteiger partial charge in [-0.1, -0.05) is 6.07 Å². The van der Waals surface area contributed by atoms with Gasteiger partial charge in [0.25, 0.3) is 0 Å². The molecule has 94 valence electrons. The Kier molecular flexibility index (Phi) is 3.84. The van der Waals surface area contributed by atoms with E-state index in [1.165, 1.54) is 7.11 Å². The molecule has 4 nitrogen and oxygen atoms in total. The molecule has 0 atom stereocenters. The topological polar surface area (TPSA) is 61.5 Å². The van der Waals surface area contributed by atoms with E-state index in [0.717, 1.165) is 4.88 Å². The van der Waals surface area contributed by atoms with E-state index in [9.17, 15) is 4.79 Å². The number of esters is 1. The first-order chi connectivity index (χ1) is 8.70. The van der Waals surface area contributed by atoms with Gasteiger partial charge in [0.1, 0.15) is 12.4 Å². The number of rotatable bonds is 4. The van der Waals surface area contributed by atoms with E-state index >= 15 is 0 Å². The standard InChI is InChI=1S/C13H13NO3S/c1-16-12-7-9(4-5-11(12)14)13(15)17-8-10-3-2-6-18-10/h2-7H,8,14H2,1H3. The van der Waals surface area contributed by atoms with Crippen molar-refractivity contribution in [2.75, 3.05) is 12.8 Å². The van der Waals surface area contributed by atoms with Crippen LogP contribution in [0.1, 0.15) is 15.2 Å². The molecule has 0 saturated carbocycles. The van der Waals surface area contributed by atoms with Crippen LogP contribution in [0.3, 0.4) is 0 Å². The molecule has 1 aromatic heterocycles. The first-order valence-corrected chi connectivity index (χ1v) is 6.21. The van der Waals surface area contributed by atoms with Gasteiger partial charge in [-0.25, -0.2) is 4.79 Å². The molecule has 0 unspecified atom stereocenters. The van der Waals surface area contributed by atoms with Crippen LogP contribution >= 0.6 is 11.3 Å². The maximum absolute atomic E-state index is 11.8. The predicted molar refractivity (Wildman–Crippen MR) is 70.8 cm³/mol. The predicted octanol–water partition coefficient (Wildman–Crippen LogP) is 2.70. The minimum Gasteiger partial charge on any atom is -0.495 e. The number of hydrogen-bond acceptors (Lipinski definition) is 5. The fourth-order valence-electron chi connectivity index (χ4n) is 1.45. The zero-order valence-corrected chi connectivity index (χ0v) is 10.7. The van der Waals surface area contributed by atoms with Crippen molar-refractivity contribution in [2.45, 2.75) is 6.61 Å². The fraction of sp³-hybridized carbons (Fsp3) is 0.154. The summed E-state index contributed by atoms with van der Waals surface area (Å²) in [6, 6.07) is 8.66. The van der Waals surface area contributed by atoms with Crippen LogP contribution in [-0.4, -0.2) is 13.1 Å². The second-order valence-corrected chi connectivity index (χ2v) is 4.64. The normalized spacial score (nSPS) is 10.1. The Morgan fingerprint density at radius 3 is 2.89 bits per heavy atom. The molecule has 0 amide bonds. The van der Waals surface area contributed by atoms with Crippen molar-refractivity contribution in [1.82, 2.24) is 0 Å². The van der Waals surface area contributed by atoms with E-state index in [2.05, 4.69) is 0 Å². The van der Waals surface area contributed by atoms with Crippen molar-refractivity contribution in [3.63, 3.8) is 0 Å². The van der Waals surface area contributed by atoms with Gasteiger partial charge in [0.05, 0.1) is 18.4 Å². The molecular formula is C13H13NO3S. The summed E-state index contributed by atoms with van der Waals surface area (Å²) in [7, 11) is 1.51. The second kappa shape index (κ2) is 5.55. The molecule has 2 N–H and O–H groups in total. The van der Waals surface area contributed by atoms with Gasteiger partial charge in [-0.05, 0) is 29.6 Å². The van der Waals surface area contributed by atoms with Crippen molar-refractivity contribution in [1.29, 1.82) is 0 Å². The third kappa shape index (κ3) is 2.81. The number of thiophene rings is 1. The number of methoxy groups -OCH3 is 1. The van der Waals surface area contributed by atoms with Gasteiger partial charge in [-0.3, -0.25) is 0 Å². The van der Waals surface area contributed by atoms with Gasteiger partial charge in [0, 0.05) is 4.88 Å². The molecule has 1 aromatic carbocycles. The van der Waals surface area contributed by atoms with Gasteiger partial charge >= 0.3 is 5.97 Å². The van der Waals surface area contributed by atoms with Gasteiger partial charge in [-0.15, -0.1) is 11.3 Å². The van der Waals surface area contributed by atoms with Crippen LogP contribution in [0.15, 0.2) is 35.7 Å². The van der Waals surface area contributed by atoms with Crippen molar-refractivity contribution >= 4 is 23.0 Å². The third-order valence-corrected chi connectivity index (χ3v) is 3.24. The molecule has 0 aliphatic rings. The highest BCUT2D eigenvalue weighted by Crippen LogP contribution is 2.22. The Bertz CT molecular complexity index is 537. The quantitative estimate of drug-likeness (QED) is 0.680. The van der Waals surface area contributed by atoms with Crippen molar-refractivity contribution in [3.05, 3.63) is 46.2 Å². The Labute approximate surface area is 109 Å². The SMILES string of the molecule is COc1cc(C(=O)OCc2cccs2)ccc1N. The van der Waals surface area contributed by atoms with Gasteiger partial charge in [0.15, 0.2) is 0 Å². The summed E-state index contributed by atoms with van der Waals surface area (Å²) in [5, 5.41) is 1.94. The minimum absolute atomic E-state index is 0.281. The summed E-state index contributed by atoms with van der Waals surface area (Å²) >= 11 is 1.55. The van der Waals surface area contributed by atoms with E-state index in [1.54, 1.807) is 29.5 Å². The van der Waals surface area contributed by atoms with E-state index in [0.29, 0.717) is 17.0 Å². The lowest BCUT2D eigenvalue weighted by atomic mass is 10.2. The Morgan fingerprint density at radius 1 is 1.39 bits per heavy atom. The zero-order chi connectivity index (χ0) is 13.0. The molecule has 0 spiro atoms. The summed E-state index contributed by atoms with van der Waals surface area (Å²) in [6.45, 7) is 0.281. The maximum atomic E-state index is 11.8. The first kappa shape index (κ1) is 12.4. The number of carbonyl (C=O) groups excluding carboxylic acids is 1. The van der Waals surface area contributed by atoms with Crippen LogP contribution in [0.4, 0.5) is 5.69 Å². The molecule has 0 fully saturated rings. The summed E-state index contributed by atoms with van der Waals surface area (Å²) in [4.78, 5) is 12.8. The van der Waals surface area contributed by atoms with Crippen molar-refractivity contribution < 1.29 is 14.3 Å². The molecule has 0 radical (unpaired) electrons. The van der Waals surface area contributed by atoms with Crippen LogP contribution in [-0.2, 0) is 11.3 Å². The number of nitrogens with two attached hydrogens (primary N) is 1. The Hall–Kier alpha value is -2.01. The molecule has 0 aliphatic heterocycles. The van der Waals surface area contributed by atoms with Crippen LogP contribution in [0, 0.1) is 0 Å². The Balaban J connectivity index is 2.04. The summed E-state index contributed by atoms with van der Waals surface area (Å²) in [5.41, 5.74) is 6.60. The monoisotopic (exact) mass is 263 g/mol. The number of carbonyl (C=O) groups is 1. The largest absolute Gasteiger partial charge is 0.495 e. The van der Waals surface area contributed by atoms with E-state index in [-0.39, 0.29) is 12.6 Å². The molecule has 0 bridgehead atoms. The third-order valence-electron chi connectivity index (χ3n) is 2.39. The highest BCUT2D eigenvalue weighted by molar-refractivity contribution is 7.09. The summed E-state index contributed by atoms with van der Waals surface area (Å²) in [5.74, 6) is 0.0854. The molecule has 2 aromatic rings. The number of anilines is 1. The van der Waals surface area contributed by atoms with Crippen molar-refractivity contribution in [3.8, 4) is 5.75 Å². The van der Waals surface area contributed by atoms with Gasteiger partial charge < -0.3 is 15.2 Å². The Morgan fingerprint density at radius 2 is 2.22 bits per heavy atom. The molecule has 5 heteroatoms. The van der Waals surface area contributed by atoms with E-state index in [1.807, 2.05) is 17.5 Å². The number of nitrogen functional groups attached to an aromatic ring is 1. The highest BCUT2D eigenvalue weighted by Gasteiger charge is 2.10. The first-order valence-electron chi connectivity index (χ1n) is 5.33. The van der Waals surface area contributed by atoms with Crippen LogP contribution < -0.4 is 10.5 Å². The van der Waals surface area contributed by atoms with Gasteiger partial charge in [0.2, 0.25) is 0 Å². The molecule has 1 heterocycles. The summed E-state index contributed by atoms with van der Waals surface area (Å²) < 4.78 is 10.2. The van der Waals surface area contributed by atoms with Crippen LogP contribution in [0.25, 0.3) is 0 Å². The van der Waals surface area contributed by atoms with Crippen LogP contribution in [0.5, 0.6) is 5.75 Å². The van der Waals surface area contributed by atoms with E-state index < -0.39 is 0 Å². The van der Waals surface area contributed by atoms with Crippen LogP contribution in [0.2, 0.25) is 0 Å². The smallest absolute Gasteiger partial charge is 0.338 e. The van der Waals surface area contributed by atoms with Gasteiger partial charge in [-0.2, -0.15) is 0 Å². The van der Waals surface area contributed by atoms with E-state index in [4.69, 9.17) is 15.2 Å². The lowest BCUT2D eigenvalue weighted by molar-refractivity contribution is 0.0476. The fourth-order valence-corrected chi connectivity index (χ4v) is 2.07. The number of hydrogen-bond donors (Lipinski definition) is 1. The number of benzene rings is 1. The lowest BCUT2D eigenvalue weighted by Gasteiger charge is -2.07. The van der Waals surface area contributed by atoms with Crippen molar-refractivity contribution in [2.24, 2.45) is 0 Å². The second-order valence-electron chi connectivity index (χ2n) is 3.61.